The van der Waals surface area contributed by atoms with Gasteiger partial charge in [0.25, 0.3) is 0 Å². The number of alkyl halides is 3. The number of piperazine rings is 1. The Labute approximate surface area is 243 Å². The average Bonchev–Trinajstić information content (AvgIpc) is 3.32. The fourth-order valence-corrected chi connectivity index (χ4v) is 6.19. The topological polar surface area (TPSA) is 69.9 Å². The summed E-state index contributed by atoms with van der Waals surface area (Å²) in [6, 6.07) is 8.14. The predicted octanol–water partition coefficient (Wildman–Crippen LogP) is 5.87. The first kappa shape index (κ1) is 30.5. The van der Waals surface area contributed by atoms with Gasteiger partial charge in [0, 0.05) is 66.8 Å². The zero-order valence-electron chi connectivity index (χ0n) is 22.7. The minimum absolute atomic E-state index is 0.0605. The highest BCUT2D eigenvalue weighted by Gasteiger charge is 2.38. The predicted molar refractivity (Wildman–Crippen MR) is 152 cm³/mol. The smallest absolute Gasteiger partial charge is 0.368 e. The molecule has 0 saturated carbocycles. The molecule has 2 N–H and O–H groups in total. The molecule has 2 fully saturated rings. The monoisotopic (exact) mass is 598 g/mol. The molecule has 0 spiro atoms. The normalized spacial score (nSPS) is 18.7. The van der Waals surface area contributed by atoms with E-state index in [4.69, 9.17) is 28.9 Å². The lowest BCUT2D eigenvalue weighted by atomic mass is 9.85. The van der Waals surface area contributed by atoms with Crippen LogP contribution in [-0.4, -0.2) is 60.4 Å². The minimum Gasteiger partial charge on any atom is -0.368 e. The zero-order chi connectivity index (χ0) is 29.2. The Morgan fingerprint density at radius 3 is 2.33 bits per heavy atom. The number of hydrogen-bond acceptors (Lipinski definition) is 4. The molecular formula is C29H35Cl2F3N4O2. The molecule has 2 heterocycles. The van der Waals surface area contributed by atoms with Gasteiger partial charge in [0.15, 0.2) is 0 Å². The number of carbonyl (C=O) groups is 2. The molecule has 2 aromatic carbocycles. The summed E-state index contributed by atoms with van der Waals surface area (Å²) in [6.07, 6.45) is -1.87. The van der Waals surface area contributed by atoms with Crippen molar-refractivity contribution in [1.82, 2.24) is 9.80 Å². The molecule has 2 saturated heterocycles. The van der Waals surface area contributed by atoms with E-state index in [2.05, 4.69) is 0 Å². The van der Waals surface area contributed by atoms with Crippen LogP contribution in [0.3, 0.4) is 0 Å². The third-order valence-electron chi connectivity index (χ3n) is 7.84. The van der Waals surface area contributed by atoms with Crippen molar-refractivity contribution < 1.29 is 22.8 Å². The van der Waals surface area contributed by atoms with Crippen molar-refractivity contribution in [3.63, 3.8) is 0 Å². The molecule has 4 rings (SSSR count). The number of nitrogens with two attached hydrogens (primary N) is 1. The third-order valence-corrected chi connectivity index (χ3v) is 8.43. The van der Waals surface area contributed by atoms with Gasteiger partial charge in [0.1, 0.15) is 6.04 Å². The second kappa shape index (κ2) is 12.2. The lowest BCUT2D eigenvalue weighted by Gasteiger charge is -2.41. The highest BCUT2D eigenvalue weighted by atomic mass is 35.5. The molecule has 2 aliphatic rings. The number of hydrogen-bond donors (Lipinski definition) is 1. The van der Waals surface area contributed by atoms with Crippen LogP contribution in [0.5, 0.6) is 0 Å². The van der Waals surface area contributed by atoms with E-state index >= 15 is 0 Å². The summed E-state index contributed by atoms with van der Waals surface area (Å²) in [5.74, 6) is -0.224. The molecule has 2 unspecified atom stereocenters. The first-order chi connectivity index (χ1) is 18.8. The van der Waals surface area contributed by atoms with Crippen LogP contribution in [0.4, 0.5) is 18.9 Å². The molecule has 2 aliphatic heterocycles. The Kier molecular flexibility index (Phi) is 9.27. The fourth-order valence-electron chi connectivity index (χ4n) is 5.70. The lowest BCUT2D eigenvalue weighted by Crippen LogP contribution is -2.56. The molecule has 40 heavy (non-hydrogen) atoms. The Balaban J connectivity index is 1.55. The maximum absolute atomic E-state index is 13.8. The Morgan fingerprint density at radius 1 is 1.05 bits per heavy atom. The molecule has 0 aliphatic carbocycles. The quantitative estimate of drug-likeness (QED) is 0.413. The molecular weight excluding hydrogens is 564 g/mol. The molecule has 0 bridgehead atoms. The van der Waals surface area contributed by atoms with Crippen LogP contribution >= 0.6 is 23.2 Å². The van der Waals surface area contributed by atoms with Gasteiger partial charge in [-0.3, -0.25) is 9.59 Å². The molecule has 11 heteroatoms. The second-order valence-electron chi connectivity index (χ2n) is 10.9. The number of anilines is 1. The molecule has 6 nitrogen and oxygen atoms in total. The first-order valence-electron chi connectivity index (χ1n) is 13.6. The van der Waals surface area contributed by atoms with Crippen LogP contribution in [0.1, 0.15) is 56.2 Å². The Hall–Kier alpha value is -2.49. The zero-order valence-corrected chi connectivity index (χ0v) is 24.2. The number of rotatable bonds is 8. The SMILES string of the molecule is CCCC(C)(N)c1cc(C(F)(F)F)ccc1N1CCN(C(=O)C(Cc2ccc(Cl)cc2Cl)N2CCCC2=O)CC1. The summed E-state index contributed by atoms with van der Waals surface area (Å²) in [4.78, 5) is 31.8. The summed E-state index contributed by atoms with van der Waals surface area (Å²) in [5.41, 5.74) is 6.70. The van der Waals surface area contributed by atoms with Gasteiger partial charge in [-0.25, -0.2) is 0 Å². The lowest BCUT2D eigenvalue weighted by molar-refractivity contribution is -0.143. The third kappa shape index (κ3) is 6.69. The Bertz CT molecular complexity index is 1250. The van der Waals surface area contributed by atoms with Crippen molar-refractivity contribution >= 4 is 40.7 Å². The van der Waals surface area contributed by atoms with Gasteiger partial charge in [0.05, 0.1) is 5.56 Å². The van der Waals surface area contributed by atoms with Crippen molar-refractivity contribution in [3.05, 3.63) is 63.1 Å². The number of amides is 2. The molecule has 0 radical (unpaired) electrons. The molecule has 2 amide bonds. The van der Waals surface area contributed by atoms with E-state index < -0.39 is 23.3 Å². The van der Waals surface area contributed by atoms with Crippen LogP contribution in [-0.2, 0) is 27.7 Å². The highest BCUT2D eigenvalue weighted by Crippen LogP contribution is 2.38. The van der Waals surface area contributed by atoms with Crippen LogP contribution in [0.15, 0.2) is 36.4 Å². The summed E-state index contributed by atoms with van der Waals surface area (Å²) in [5, 5.41) is 0.925. The van der Waals surface area contributed by atoms with Crippen molar-refractivity contribution in [2.45, 2.75) is 63.7 Å². The van der Waals surface area contributed by atoms with Gasteiger partial charge < -0.3 is 20.4 Å². The van der Waals surface area contributed by atoms with Gasteiger partial charge in [-0.2, -0.15) is 13.2 Å². The number of carbonyl (C=O) groups excluding carboxylic acids is 2. The summed E-state index contributed by atoms with van der Waals surface area (Å²) >= 11 is 12.5. The maximum atomic E-state index is 13.8. The van der Waals surface area contributed by atoms with E-state index in [1.807, 2.05) is 11.8 Å². The van der Waals surface area contributed by atoms with Crippen LogP contribution in [0.25, 0.3) is 0 Å². The van der Waals surface area contributed by atoms with E-state index in [-0.39, 0.29) is 18.2 Å². The fraction of sp³-hybridized carbons (Fsp3) is 0.517. The molecule has 2 aromatic rings. The summed E-state index contributed by atoms with van der Waals surface area (Å²) in [7, 11) is 0. The van der Waals surface area contributed by atoms with Crippen molar-refractivity contribution in [3.8, 4) is 0 Å². The second-order valence-corrected chi connectivity index (χ2v) is 11.7. The van der Waals surface area contributed by atoms with Gasteiger partial charge in [-0.15, -0.1) is 0 Å². The van der Waals surface area contributed by atoms with Crippen LogP contribution in [0, 0.1) is 0 Å². The number of benzene rings is 2. The highest BCUT2D eigenvalue weighted by molar-refractivity contribution is 6.35. The van der Waals surface area contributed by atoms with Crippen LogP contribution < -0.4 is 10.6 Å². The van der Waals surface area contributed by atoms with Crippen molar-refractivity contribution in [2.75, 3.05) is 37.6 Å². The number of likely N-dealkylation sites (tertiary alicyclic amines) is 1. The van der Waals surface area contributed by atoms with Gasteiger partial charge in [0.2, 0.25) is 11.8 Å². The minimum atomic E-state index is -4.48. The summed E-state index contributed by atoms with van der Waals surface area (Å²) in [6.45, 7) is 5.78. The van der Waals surface area contributed by atoms with E-state index in [1.165, 1.54) is 6.07 Å². The first-order valence-corrected chi connectivity index (χ1v) is 14.3. The largest absolute Gasteiger partial charge is 0.416 e. The molecule has 0 aromatic heterocycles. The van der Waals surface area contributed by atoms with Gasteiger partial charge in [-0.1, -0.05) is 42.6 Å². The van der Waals surface area contributed by atoms with Crippen molar-refractivity contribution in [2.24, 2.45) is 5.73 Å². The van der Waals surface area contributed by atoms with E-state index in [9.17, 15) is 22.8 Å². The van der Waals surface area contributed by atoms with E-state index in [0.29, 0.717) is 73.3 Å². The van der Waals surface area contributed by atoms with Gasteiger partial charge >= 0.3 is 6.18 Å². The van der Waals surface area contributed by atoms with Crippen molar-refractivity contribution in [1.29, 1.82) is 0 Å². The van der Waals surface area contributed by atoms with E-state index in [1.54, 1.807) is 34.9 Å². The standard InChI is InChI=1S/C29H35Cl2F3N4O2/c1-3-10-28(2,35)22-17-20(29(32,33)34)7-9-24(22)36-12-14-37(15-13-36)27(40)25(38-11-4-5-26(38)39)16-19-6-8-21(30)18-23(19)31/h6-9,17-18,25H,3-5,10-16,35H2,1-2H3. The van der Waals surface area contributed by atoms with Gasteiger partial charge in [-0.05, 0) is 61.2 Å². The number of nitrogens with zero attached hydrogens (tertiary/aromatic N) is 3. The molecule has 218 valence electrons. The summed E-state index contributed by atoms with van der Waals surface area (Å²) < 4.78 is 40.6. The van der Waals surface area contributed by atoms with E-state index in [0.717, 1.165) is 24.1 Å². The van der Waals surface area contributed by atoms with Crippen LogP contribution in [0.2, 0.25) is 10.0 Å². The Morgan fingerprint density at radius 2 is 1.75 bits per heavy atom. The maximum Gasteiger partial charge on any atom is 0.416 e. The number of halogens is 5. The molecule has 2 atom stereocenters. The average molecular weight is 600 g/mol.